The molecule has 12 heteroatoms. The molecule has 0 amide bonds. The zero-order valence-electron chi connectivity index (χ0n) is 84.5. The van der Waals surface area contributed by atoms with Gasteiger partial charge in [-0.15, -0.1) is 28.4 Å². The van der Waals surface area contributed by atoms with E-state index in [1.807, 2.05) is 297 Å². The molecule has 14 aromatic carbocycles. The zero-order chi connectivity index (χ0) is 94.7. The average molecular weight is 2440 g/mol. The number of benzene rings is 14. The molecule has 8 nitrogen and oxygen atoms in total. The van der Waals surface area contributed by atoms with Crippen molar-refractivity contribution in [1.82, 2.24) is 38.2 Å². The molecule has 23 rings (SSSR count). The first-order chi connectivity index (χ1) is 64.1. The van der Waals surface area contributed by atoms with E-state index in [1.165, 1.54) is 111 Å². The Balaban J connectivity index is 0.000000777. The third-order valence-corrected chi connectivity index (χ3v) is 20.1. The summed E-state index contributed by atoms with van der Waals surface area (Å²) in [5, 5.41) is 0. The van der Waals surface area contributed by atoms with E-state index in [0.717, 1.165) is 99.0 Å². The summed E-state index contributed by atoms with van der Waals surface area (Å²) in [7, 11) is 0. The van der Waals surface area contributed by atoms with Gasteiger partial charge in [0.1, 0.15) is 0 Å². The molecule has 0 unspecified atom stereocenters. The first kappa shape index (κ1) is 121. The molecular weight excluding hydrogens is 2300 g/mol. The molecule has 5 aliphatic rings. The molecule has 18 aromatic rings. The summed E-state index contributed by atoms with van der Waals surface area (Å²) in [6.07, 6.45) is 17.4. The minimum atomic E-state index is 0. The maximum atomic E-state index is 4.58. The van der Waals surface area contributed by atoms with Gasteiger partial charge in [0.15, 0.2) is 0 Å². The van der Waals surface area contributed by atoms with Gasteiger partial charge in [-0.3, -0.25) is 0 Å². The van der Waals surface area contributed by atoms with E-state index in [9.17, 15) is 0 Å². The van der Waals surface area contributed by atoms with Crippen LogP contribution in [0.15, 0.2) is 291 Å². The largest absolute Gasteiger partial charge is 2.00 e. The maximum absolute atomic E-state index is 4.58. The normalized spacial score (nSPS) is 10.0. The number of imidazole rings is 4. The van der Waals surface area contributed by atoms with Crippen molar-refractivity contribution in [3.05, 3.63) is 396 Å². The Morgan fingerprint density at radius 2 is 0.519 bits per heavy atom. The van der Waals surface area contributed by atoms with Crippen LogP contribution in [0, 0.1) is 49.6 Å². The van der Waals surface area contributed by atoms with E-state index < -0.39 is 0 Å². The smallest absolute Gasteiger partial charge is 0.448 e. The van der Waals surface area contributed by atoms with E-state index in [-0.39, 0.29) is 84.3 Å². The number of hydrogen-bond donors (Lipinski definition) is 0. The topological polar surface area (TPSA) is 71.3 Å². The number of nitrogens with zero attached hydrogens (tertiary/aromatic N) is 8. The van der Waals surface area contributed by atoms with E-state index in [2.05, 4.69) is 276 Å². The van der Waals surface area contributed by atoms with Crippen LogP contribution in [0.4, 0.5) is 0 Å². The van der Waals surface area contributed by atoms with Gasteiger partial charge in [0, 0.05) is 25.3 Å². The quantitative estimate of drug-likeness (QED) is 0.165. The van der Waals surface area contributed by atoms with Crippen molar-refractivity contribution in [2.24, 2.45) is 0 Å². The van der Waals surface area contributed by atoms with Crippen LogP contribution in [-0.4, -0.2) is 38.2 Å². The van der Waals surface area contributed by atoms with Crippen LogP contribution >= 0.6 is 0 Å². The predicted octanol–water partition coefficient (Wildman–Crippen LogP) is 34.4. The molecule has 0 fully saturated rings. The second-order valence-corrected chi connectivity index (χ2v) is 25.9. The predicted molar refractivity (Wildman–Crippen MR) is 561 cm³/mol. The van der Waals surface area contributed by atoms with Gasteiger partial charge < -0.3 is 38.2 Å². The van der Waals surface area contributed by atoms with Crippen molar-refractivity contribution in [3.8, 4) is 78.4 Å². The van der Waals surface area contributed by atoms with Crippen molar-refractivity contribution in [2.45, 2.75) is 226 Å². The molecule has 690 valence electrons. The Bertz CT molecular complexity index is 6190. The minimum Gasteiger partial charge on any atom is -0.448 e. The van der Waals surface area contributed by atoms with Gasteiger partial charge in [0.2, 0.25) is 0 Å². The molecule has 0 saturated heterocycles. The van der Waals surface area contributed by atoms with Gasteiger partial charge in [-0.2, -0.15) is 95.4 Å². The molecule has 4 heterocycles. The van der Waals surface area contributed by atoms with Crippen LogP contribution in [-0.2, 0) is 116 Å². The van der Waals surface area contributed by atoms with Crippen molar-refractivity contribution < 1.29 is 84.3 Å². The fourth-order valence-corrected chi connectivity index (χ4v) is 15.3. The van der Waals surface area contributed by atoms with E-state index >= 15 is 0 Å². The molecular formula is C121H142N8W4. The first-order valence-electron chi connectivity index (χ1n) is 48.2. The number of rotatable bonds is 4. The van der Waals surface area contributed by atoms with E-state index in [4.69, 9.17) is 0 Å². The van der Waals surface area contributed by atoms with Gasteiger partial charge in [0.25, 0.3) is 0 Å². The summed E-state index contributed by atoms with van der Waals surface area (Å²) < 4.78 is 7.93. The number of para-hydroxylation sites is 6. The molecule has 0 atom stereocenters. The molecule has 0 radical (unpaired) electrons. The number of fused-ring (bicyclic) bond motifs is 21. The summed E-state index contributed by atoms with van der Waals surface area (Å²) in [5.41, 5.74) is 39.1. The van der Waals surface area contributed by atoms with Gasteiger partial charge in [-0.05, 0) is 115 Å². The Labute approximate surface area is 859 Å². The summed E-state index contributed by atoms with van der Waals surface area (Å²) in [6.45, 7) is 56.0. The summed E-state index contributed by atoms with van der Waals surface area (Å²) in [4.78, 5) is 17.8. The van der Waals surface area contributed by atoms with Gasteiger partial charge >= 0.3 is 84.3 Å². The monoisotopic (exact) mass is 2440 g/mol. The molecule has 0 N–H and O–H groups in total. The fraction of sp³-hybridized carbons (Fsp3) is 0.273. The SMILES string of the molecule is CC.CC.CC.CC.CC.CC.CC.CC.CC.CC.CC.CC.CC.CC.[W+2].[W+2].[W+2].[W+2].[c-]1c(-n2[c-]nc3ccccc32)ccc2c1-c1ccccc1C2.[c-]1c(-n2[c-]nc3ccccc32)ccc2c1Cc1ccccc1-2.[c-]1ccccc1-n1[c-]nc2c3c(ccc21)-c1ccccc1C3.[c-]1ccccc1-n1[c-]nc2c3c(ccc21)Cc1ccccc1-3.c1ccc2c(c1)Cc1ccccc1-2. The zero-order valence-corrected chi connectivity index (χ0v) is 96.2. The van der Waals surface area contributed by atoms with Crippen LogP contribution in [0.25, 0.3) is 123 Å². The Morgan fingerprint density at radius 3 is 0.985 bits per heavy atom. The van der Waals surface area contributed by atoms with Gasteiger partial charge in [0.05, 0.1) is 0 Å². The fourth-order valence-electron chi connectivity index (χ4n) is 15.3. The molecule has 5 aliphatic carbocycles. The second-order valence-electron chi connectivity index (χ2n) is 25.9. The number of hydrogen-bond acceptors (Lipinski definition) is 4. The van der Waals surface area contributed by atoms with Crippen molar-refractivity contribution in [1.29, 1.82) is 0 Å². The number of aromatic nitrogens is 8. The van der Waals surface area contributed by atoms with Gasteiger partial charge in [-0.1, -0.05) is 462 Å². The summed E-state index contributed by atoms with van der Waals surface area (Å²) >= 11 is 0. The second kappa shape index (κ2) is 67.0. The molecule has 133 heavy (non-hydrogen) atoms. The molecule has 0 spiro atoms. The molecule has 0 bridgehead atoms. The van der Waals surface area contributed by atoms with Crippen LogP contribution < -0.4 is 0 Å². The molecule has 4 aromatic heterocycles. The van der Waals surface area contributed by atoms with Crippen LogP contribution in [0.3, 0.4) is 0 Å². The Morgan fingerprint density at radius 1 is 0.211 bits per heavy atom. The minimum absolute atomic E-state index is 0. The molecule has 0 aliphatic heterocycles. The van der Waals surface area contributed by atoms with E-state index in [1.54, 1.807) is 0 Å². The third-order valence-electron chi connectivity index (χ3n) is 20.1. The third kappa shape index (κ3) is 28.9. The van der Waals surface area contributed by atoms with Crippen LogP contribution in [0.5, 0.6) is 0 Å². The van der Waals surface area contributed by atoms with Crippen molar-refractivity contribution >= 4 is 44.1 Å². The Hall–Kier alpha value is -10.3. The standard InChI is InChI=1S/4C20H12N2.C13H10.14C2H6.4W/c1-2-6-17-14(5-1)11-15-12-16(9-10-18(15)17)22-13-21-19-7-3-4-8-20(19)22;1-2-6-17-14(5-1)11-15-9-10-16(12-18(15)17)22-13-21-19-7-3-4-8-20(19)22;1-2-7-16(8-3-1)22-13-21-20-18(22)11-10-15-12-14-6-4-5-9-17(14)19(15)20;1-2-7-15(8-3-1)22-13-21-20-18-12-14-6-4-5-9-16(14)17(18)10-11-19(20)22;1-3-7-12-10(5-1)9-11-6-2-4-8-13(11)12;14*1-2;;;;/h2*1-10H,11H2;2*1-7,9-11H,12H2;1-8H,9H2;14*1-2H3;;;;/q4*-2;;;;;;;;;;;;;;;;4*+2. The van der Waals surface area contributed by atoms with Crippen LogP contribution in [0.1, 0.15) is 249 Å². The van der Waals surface area contributed by atoms with Gasteiger partial charge in [-0.25, -0.2) is 18.2 Å². The molecule has 0 saturated carbocycles. The maximum Gasteiger partial charge on any atom is 2.00 e. The van der Waals surface area contributed by atoms with Crippen molar-refractivity contribution in [3.63, 3.8) is 0 Å². The summed E-state index contributed by atoms with van der Waals surface area (Å²) in [6, 6.07) is 115. The average Bonchev–Trinajstić information content (AvgIpc) is 1.58. The summed E-state index contributed by atoms with van der Waals surface area (Å²) in [5.74, 6) is 0. The van der Waals surface area contributed by atoms with Crippen molar-refractivity contribution in [2.75, 3.05) is 0 Å². The first-order valence-corrected chi connectivity index (χ1v) is 48.2. The van der Waals surface area contributed by atoms with E-state index in [0.29, 0.717) is 0 Å². The van der Waals surface area contributed by atoms with Crippen LogP contribution in [0.2, 0.25) is 0 Å². The Kier molecular flexibility index (Phi) is 60.8.